The van der Waals surface area contributed by atoms with E-state index >= 15 is 0 Å². The highest BCUT2D eigenvalue weighted by Gasteiger charge is 2.24. The first-order valence-electron chi connectivity index (χ1n) is 11.4. The Balaban J connectivity index is 2.06. The van der Waals surface area contributed by atoms with Crippen LogP contribution in [0, 0.1) is 11.8 Å². The normalized spacial score (nSPS) is 19.7. The van der Waals surface area contributed by atoms with E-state index in [0.29, 0.717) is 11.8 Å². The van der Waals surface area contributed by atoms with Gasteiger partial charge in [-0.2, -0.15) is 0 Å². The van der Waals surface area contributed by atoms with Crippen molar-refractivity contribution in [3.8, 4) is 0 Å². The van der Waals surface area contributed by atoms with Gasteiger partial charge in [0.15, 0.2) is 0 Å². The molecule has 30 heavy (non-hydrogen) atoms. The summed E-state index contributed by atoms with van der Waals surface area (Å²) < 4.78 is 0. The molecular weight excluding hydrogens is 364 g/mol. The van der Waals surface area contributed by atoms with E-state index in [2.05, 4.69) is 107 Å². The van der Waals surface area contributed by atoms with E-state index in [0.717, 1.165) is 32.1 Å². The van der Waals surface area contributed by atoms with Crippen LogP contribution in [0.25, 0.3) is 0 Å². The largest absolute Gasteiger partial charge is 0.288 e. The molecule has 2 atom stereocenters. The zero-order valence-electron chi connectivity index (χ0n) is 19.9. The lowest BCUT2D eigenvalue weighted by Gasteiger charge is -2.28. The van der Waals surface area contributed by atoms with E-state index in [4.69, 9.17) is 4.99 Å². The van der Waals surface area contributed by atoms with Crippen LogP contribution in [-0.2, 0) is 6.42 Å². The number of allylic oxidation sites excluding steroid dienone is 5. The van der Waals surface area contributed by atoms with Crippen LogP contribution in [0.5, 0.6) is 0 Å². The van der Waals surface area contributed by atoms with E-state index in [-0.39, 0.29) is 5.54 Å². The SMILES string of the molecule is C/C=C/C/C(C)=N\C(C)(C)C(C)C/C=C\C1=CN=C(C)CCC1Cc1ccccc1. The number of rotatable bonds is 9. The molecule has 0 radical (unpaired) electrons. The fourth-order valence-electron chi connectivity index (χ4n) is 3.83. The first-order chi connectivity index (χ1) is 14.3. The molecule has 0 bridgehead atoms. The van der Waals surface area contributed by atoms with Crippen LogP contribution in [-0.4, -0.2) is 17.0 Å². The van der Waals surface area contributed by atoms with Gasteiger partial charge in [-0.25, -0.2) is 0 Å². The molecule has 2 rings (SSSR count). The number of hydrogen-bond acceptors (Lipinski definition) is 2. The van der Waals surface area contributed by atoms with E-state index in [1.165, 1.54) is 22.6 Å². The van der Waals surface area contributed by atoms with Crippen LogP contribution in [0.4, 0.5) is 0 Å². The first-order valence-corrected chi connectivity index (χ1v) is 11.4. The Hall–Kier alpha value is -2.22. The lowest BCUT2D eigenvalue weighted by atomic mass is 9.85. The summed E-state index contributed by atoms with van der Waals surface area (Å²) in [5, 5.41) is 0. The van der Waals surface area contributed by atoms with Crippen molar-refractivity contribution in [1.82, 2.24) is 0 Å². The van der Waals surface area contributed by atoms with Crippen molar-refractivity contribution >= 4 is 11.4 Å². The molecule has 0 aromatic heterocycles. The smallest absolute Gasteiger partial charge is 0.0579 e. The Morgan fingerprint density at radius 1 is 1.23 bits per heavy atom. The Morgan fingerprint density at radius 2 is 1.97 bits per heavy atom. The molecule has 2 heteroatoms. The molecule has 0 aliphatic carbocycles. The van der Waals surface area contributed by atoms with Gasteiger partial charge >= 0.3 is 0 Å². The minimum Gasteiger partial charge on any atom is -0.288 e. The molecule has 0 amide bonds. The van der Waals surface area contributed by atoms with Gasteiger partial charge in [0.05, 0.1) is 5.54 Å². The Bertz CT molecular complexity index is 806. The Morgan fingerprint density at radius 3 is 2.67 bits per heavy atom. The van der Waals surface area contributed by atoms with Crippen molar-refractivity contribution in [1.29, 1.82) is 0 Å². The molecule has 0 saturated carbocycles. The quantitative estimate of drug-likeness (QED) is 0.296. The summed E-state index contributed by atoms with van der Waals surface area (Å²) in [6.45, 7) is 13.1. The van der Waals surface area contributed by atoms with Crippen LogP contribution in [0.2, 0.25) is 0 Å². The van der Waals surface area contributed by atoms with Gasteiger partial charge in [0, 0.05) is 24.0 Å². The minimum absolute atomic E-state index is 0.0635. The van der Waals surface area contributed by atoms with Crippen LogP contribution < -0.4 is 0 Å². The third-order valence-corrected chi connectivity index (χ3v) is 6.22. The van der Waals surface area contributed by atoms with Crippen molar-refractivity contribution in [3.63, 3.8) is 0 Å². The molecule has 0 saturated heterocycles. The molecule has 1 aliphatic rings. The lowest BCUT2D eigenvalue weighted by Crippen LogP contribution is -2.27. The second-order valence-corrected chi connectivity index (χ2v) is 9.23. The molecule has 0 fully saturated rings. The van der Waals surface area contributed by atoms with Crippen molar-refractivity contribution in [2.75, 3.05) is 0 Å². The summed E-state index contributed by atoms with van der Waals surface area (Å²) in [5.74, 6) is 0.993. The van der Waals surface area contributed by atoms with Gasteiger partial charge in [0.2, 0.25) is 0 Å². The lowest BCUT2D eigenvalue weighted by molar-refractivity contribution is 0.351. The third kappa shape index (κ3) is 7.89. The average molecular weight is 405 g/mol. The predicted octanol–water partition coefficient (Wildman–Crippen LogP) is 7.77. The van der Waals surface area contributed by atoms with E-state index in [1.54, 1.807) is 0 Å². The van der Waals surface area contributed by atoms with Gasteiger partial charge in [-0.1, -0.05) is 61.6 Å². The zero-order valence-corrected chi connectivity index (χ0v) is 19.9. The molecule has 1 heterocycles. The standard InChI is InChI=1S/C28H40N2/c1-7-8-14-24(4)30-28(5,6)22(2)13-12-17-27-21-29-23(3)18-19-26(27)20-25-15-10-9-11-16-25/h7-12,15-17,21-22,26H,13-14,18-20H2,1-6H3/b8-7+,17-12-,30-24-. The fraction of sp³-hybridized carbons (Fsp3) is 0.500. The maximum absolute atomic E-state index is 5.00. The van der Waals surface area contributed by atoms with Gasteiger partial charge in [-0.15, -0.1) is 0 Å². The Kier molecular flexibility index (Phi) is 9.49. The molecular formula is C28H40N2. The number of nitrogens with zero attached hydrogens (tertiary/aromatic N) is 2. The highest BCUT2D eigenvalue weighted by atomic mass is 14.9. The highest BCUT2D eigenvalue weighted by Crippen LogP contribution is 2.28. The summed E-state index contributed by atoms with van der Waals surface area (Å²) in [4.78, 5) is 9.69. The minimum atomic E-state index is -0.0635. The van der Waals surface area contributed by atoms with Crippen LogP contribution in [0.1, 0.15) is 72.8 Å². The van der Waals surface area contributed by atoms with Crippen molar-refractivity contribution in [2.24, 2.45) is 21.8 Å². The second-order valence-electron chi connectivity index (χ2n) is 9.23. The zero-order chi connectivity index (χ0) is 22.0. The van der Waals surface area contributed by atoms with Crippen LogP contribution in [0.15, 0.2) is 76.4 Å². The van der Waals surface area contributed by atoms with Crippen molar-refractivity contribution in [2.45, 2.75) is 79.2 Å². The predicted molar refractivity (Wildman–Crippen MR) is 134 cm³/mol. The molecule has 0 N–H and O–H groups in total. The molecule has 1 aliphatic heterocycles. The summed E-state index contributed by atoms with van der Waals surface area (Å²) >= 11 is 0. The maximum Gasteiger partial charge on any atom is 0.0579 e. The maximum atomic E-state index is 5.00. The number of aliphatic imine (C=N–C) groups is 2. The molecule has 1 aromatic rings. The van der Waals surface area contributed by atoms with Crippen LogP contribution >= 0.6 is 0 Å². The molecule has 1 aromatic carbocycles. The third-order valence-electron chi connectivity index (χ3n) is 6.22. The van der Waals surface area contributed by atoms with E-state index in [9.17, 15) is 0 Å². The van der Waals surface area contributed by atoms with E-state index in [1.807, 2.05) is 0 Å². The van der Waals surface area contributed by atoms with Crippen molar-refractivity contribution < 1.29 is 0 Å². The fourth-order valence-corrected chi connectivity index (χ4v) is 3.83. The summed E-state index contributed by atoms with van der Waals surface area (Å²) in [6, 6.07) is 10.8. The molecule has 162 valence electrons. The van der Waals surface area contributed by atoms with Gasteiger partial charge in [0.25, 0.3) is 0 Å². The molecule has 0 spiro atoms. The summed E-state index contributed by atoms with van der Waals surface area (Å²) in [5.41, 5.74) is 5.13. The summed E-state index contributed by atoms with van der Waals surface area (Å²) in [7, 11) is 0. The van der Waals surface area contributed by atoms with Crippen molar-refractivity contribution in [3.05, 3.63) is 72.0 Å². The molecule has 2 unspecified atom stereocenters. The first kappa shape index (κ1) is 24.1. The van der Waals surface area contributed by atoms with Gasteiger partial charge in [0.1, 0.15) is 0 Å². The van der Waals surface area contributed by atoms with Crippen LogP contribution in [0.3, 0.4) is 0 Å². The van der Waals surface area contributed by atoms with Gasteiger partial charge < -0.3 is 0 Å². The van der Waals surface area contributed by atoms with E-state index < -0.39 is 0 Å². The Labute approximate surface area is 184 Å². The monoisotopic (exact) mass is 404 g/mol. The average Bonchev–Trinajstić information content (AvgIpc) is 2.88. The topological polar surface area (TPSA) is 24.7 Å². The number of benzene rings is 1. The second kappa shape index (κ2) is 11.8. The van der Waals surface area contributed by atoms with Gasteiger partial charge in [-0.05, 0) is 83.3 Å². The van der Waals surface area contributed by atoms with Gasteiger partial charge in [-0.3, -0.25) is 9.98 Å². The summed E-state index contributed by atoms with van der Waals surface area (Å²) in [6.07, 6.45) is 16.3. The highest BCUT2D eigenvalue weighted by molar-refractivity contribution is 5.83. The number of hydrogen-bond donors (Lipinski definition) is 0. The molecule has 2 nitrogen and oxygen atoms in total.